The fourth-order valence-electron chi connectivity index (χ4n) is 9.67. The summed E-state index contributed by atoms with van der Waals surface area (Å²) in [5, 5.41) is 39.1. The average molecular weight is 861 g/mol. The molecule has 14 heteroatoms. The van der Waals surface area contributed by atoms with Crippen molar-refractivity contribution in [3.8, 4) is 12.3 Å². The van der Waals surface area contributed by atoms with Gasteiger partial charge >= 0.3 is 5.97 Å². The van der Waals surface area contributed by atoms with E-state index in [1.54, 1.807) is 28.3 Å². The van der Waals surface area contributed by atoms with E-state index in [2.05, 4.69) is 24.1 Å². The standard InChI is InChI=1S/C46H72N2O12.CH4/c1-11-19-58-47-34-26-37(50)31(7)41(29(5)23-32-16-17-36(49)38(25-32)55-8)59-45(53)35-15-13-14-18-48(35)44(52)43(51)46(54)30(6)24-40(57-10)42(60-46)39(56-9)22-28(4)20-27(3)21-33(34)12-2;/h1,21,23,28,30-33,35-42,49-50,54H,12-20,22,24-26H2,2-10H3;1H4/b27-21+,29-23+,47-34-;/t28-,30+,31+,32-,33+,35-,36+,37-,38+,39-,40-,41+,42+,46+;/m0./s1. The highest BCUT2D eigenvalue weighted by molar-refractivity contribution is 6.39. The average Bonchev–Trinajstić information content (AvgIpc) is 3.23. The van der Waals surface area contributed by atoms with Gasteiger partial charge in [-0.2, -0.15) is 0 Å². The molecule has 14 nitrogen and oxygen atoms in total. The first-order valence-electron chi connectivity index (χ1n) is 21.9. The van der Waals surface area contributed by atoms with Crippen LogP contribution in [-0.2, 0) is 42.9 Å². The number of oxime groups is 1. The molecule has 346 valence electrons. The highest BCUT2D eigenvalue weighted by Gasteiger charge is 2.56. The van der Waals surface area contributed by atoms with E-state index < -0.39 is 77.9 Å². The highest BCUT2D eigenvalue weighted by Crippen LogP contribution is 2.39. The van der Waals surface area contributed by atoms with Crippen molar-refractivity contribution in [1.29, 1.82) is 0 Å². The zero-order valence-electron chi connectivity index (χ0n) is 37.3. The Hall–Kier alpha value is -3.16. The maximum atomic E-state index is 14.5. The van der Waals surface area contributed by atoms with Gasteiger partial charge in [-0.15, -0.1) is 6.42 Å². The third-order valence-corrected chi connectivity index (χ3v) is 13.2. The molecule has 3 heterocycles. The van der Waals surface area contributed by atoms with E-state index >= 15 is 0 Å². The van der Waals surface area contributed by atoms with E-state index in [1.807, 2.05) is 33.8 Å². The Balaban J connectivity index is 0.00000992. The summed E-state index contributed by atoms with van der Waals surface area (Å²) in [7, 11) is 4.66. The molecule has 3 aliphatic heterocycles. The number of esters is 1. The predicted octanol–water partition coefficient (Wildman–Crippen LogP) is 5.55. The minimum atomic E-state index is -2.50. The van der Waals surface area contributed by atoms with Gasteiger partial charge in [-0.1, -0.05) is 63.9 Å². The maximum Gasteiger partial charge on any atom is 0.329 e. The third-order valence-electron chi connectivity index (χ3n) is 13.2. The lowest BCUT2D eigenvalue weighted by Gasteiger charge is -2.47. The molecule has 1 aliphatic carbocycles. The van der Waals surface area contributed by atoms with E-state index in [4.69, 9.17) is 34.9 Å². The summed E-state index contributed by atoms with van der Waals surface area (Å²) in [6.07, 6.45) is 9.95. The van der Waals surface area contributed by atoms with E-state index in [9.17, 15) is 29.7 Å². The highest BCUT2D eigenvalue weighted by atomic mass is 16.7. The number of aliphatic hydroxyl groups excluding tert-OH is 2. The number of nitrogens with zero attached hydrogens (tertiary/aromatic N) is 2. The topological polar surface area (TPSA) is 183 Å². The number of ketones is 1. The van der Waals surface area contributed by atoms with Gasteiger partial charge in [-0.05, 0) is 95.5 Å². The molecule has 0 spiro atoms. The van der Waals surface area contributed by atoms with Crippen LogP contribution in [0.1, 0.15) is 120 Å². The summed E-state index contributed by atoms with van der Waals surface area (Å²) in [5.74, 6) is -4.63. The van der Waals surface area contributed by atoms with Gasteiger partial charge in [0.15, 0.2) is 6.61 Å². The molecule has 61 heavy (non-hydrogen) atoms. The molecule has 2 bridgehead atoms. The van der Waals surface area contributed by atoms with Crippen LogP contribution in [0.4, 0.5) is 0 Å². The van der Waals surface area contributed by atoms with Gasteiger partial charge in [0.2, 0.25) is 5.79 Å². The number of aliphatic hydroxyl groups is 3. The van der Waals surface area contributed by atoms with Crippen LogP contribution >= 0.6 is 0 Å². The summed E-state index contributed by atoms with van der Waals surface area (Å²) in [6.45, 7) is 11.5. The zero-order chi connectivity index (χ0) is 44.3. The molecule has 14 atom stereocenters. The van der Waals surface area contributed by atoms with Crippen molar-refractivity contribution in [2.24, 2.45) is 34.7 Å². The Bertz CT molecular complexity index is 1590. The maximum absolute atomic E-state index is 14.5. The van der Waals surface area contributed by atoms with Crippen LogP contribution in [-0.4, -0.2) is 133 Å². The summed E-state index contributed by atoms with van der Waals surface area (Å²) in [6, 6.07) is -1.13. The van der Waals surface area contributed by atoms with Crippen LogP contribution < -0.4 is 0 Å². The van der Waals surface area contributed by atoms with Crippen LogP contribution in [0, 0.1) is 41.9 Å². The fourth-order valence-corrected chi connectivity index (χ4v) is 9.67. The van der Waals surface area contributed by atoms with Crippen LogP contribution in [0.2, 0.25) is 0 Å². The van der Waals surface area contributed by atoms with Crippen molar-refractivity contribution < 1.29 is 58.2 Å². The second kappa shape index (κ2) is 24.1. The summed E-state index contributed by atoms with van der Waals surface area (Å²) in [4.78, 5) is 49.8. The molecule has 0 radical (unpaired) electrons. The summed E-state index contributed by atoms with van der Waals surface area (Å²) >= 11 is 0. The lowest BCUT2D eigenvalue weighted by atomic mass is 9.81. The van der Waals surface area contributed by atoms with Gasteiger partial charge in [-0.3, -0.25) is 9.59 Å². The summed E-state index contributed by atoms with van der Waals surface area (Å²) in [5.41, 5.74) is 2.35. The van der Waals surface area contributed by atoms with Crippen LogP contribution in [0.15, 0.2) is 28.5 Å². The molecule has 0 aromatic heterocycles. The number of piperidine rings is 1. The lowest BCUT2D eigenvalue weighted by Crippen LogP contribution is -2.64. The van der Waals surface area contributed by atoms with E-state index in [0.717, 1.165) is 5.57 Å². The van der Waals surface area contributed by atoms with E-state index in [0.29, 0.717) is 62.7 Å². The number of cyclic esters (lactones) is 1. The number of ether oxygens (including phenoxy) is 5. The molecule has 2 saturated heterocycles. The molecule has 4 rings (SSSR count). The number of rotatable bonds is 8. The quantitative estimate of drug-likeness (QED) is 0.0693. The first kappa shape index (κ1) is 52.2. The number of amides is 1. The van der Waals surface area contributed by atoms with Gasteiger partial charge in [0, 0.05) is 52.0 Å². The van der Waals surface area contributed by atoms with Gasteiger partial charge in [0.1, 0.15) is 18.2 Å². The number of hydrogen-bond donors (Lipinski definition) is 3. The monoisotopic (exact) mass is 861 g/mol. The number of terminal acetylenes is 1. The number of methoxy groups -OCH3 is 3. The first-order chi connectivity index (χ1) is 28.5. The normalized spacial score (nSPS) is 39.4. The van der Waals surface area contributed by atoms with Crippen molar-refractivity contribution in [2.75, 3.05) is 34.5 Å². The number of carbonyl (C=O) groups excluding carboxylic acids is 3. The van der Waals surface area contributed by atoms with Crippen molar-refractivity contribution >= 4 is 23.4 Å². The number of carbonyl (C=O) groups is 3. The molecular weight excluding hydrogens is 785 g/mol. The molecule has 0 aromatic carbocycles. The predicted molar refractivity (Wildman–Crippen MR) is 232 cm³/mol. The number of Topliss-reactive ketones (excluding diaryl/α,β-unsaturated/α-hetero) is 1. The number of hydrogen-bond acceptors (Lipinski definition) is 13. The van der Waals surface area contributed by atoms with Gasteiger partial charge in [0.25, 0.3) is 11.7 Å². The van der Waals surface area contributed by atoms with Crippen molar-refractivity contribution in [1.82, 2.24) is 4.90 Å². The third kappa shape index (κ3) is 13.0. The fraction of sp³-hybridized carbons (Fsp3) is 0.787. The minimum Gasteiger partial charge on any atom is -0.456 e. The molecule has 0 unspecified atom stereocenters. The zero-order valence-corrected chi connectivity index (χ0v) is 37.3. The SMILES string of the molecule is C.C#CCO/N=C1/C[C@H](O)[C@@H](C)[C@@H](/C(C)=C/[C@@H]2CC[C@@H](O)[C@H](OC)C2)OC(=O)[C@@H]2CCCCN2C(=O)C(=O)[C@]2(O)O[C@H]([C@@H](OC)C[C@@H](C)C/C(C)=C/[C@H]1CC)[C@@H](OC)C[C@H]2C. The molecule has 3 fully saturated rings. The van der Waals surface area contributed by atoms with E-state index in [1.165, 1.54) is 4.90 Å². The number of fused-ring (bicyclic) bond motifs is 3. The number of allylic oxidation sites excluding steroid dienone is 3. The molecule has 0 aromatic rings. The van der Waals surface area contributed by atoms with Crippen LogP contribution in [0.25, 0.3) is 0 Å². The van der Waals surface area contributed by atoms with Gasteiger partial charge in [0.05, 0.1) is 36.2 Å². The summed E-state index contributed by atoms with van der Waals surface area (Å²) < 4.78 is 30.0. The van der Waals surface area contributed by atoms with Crippen LogP contribution in [0.5, 0.6) is 0 Å². The second-order valence-electron chi connectivity index (χ2n) is 17.7. The Morgan fingerprint density at radius 1 is 0.984 bits per heavy atom. The Kier molecular flexibility index (Phi) is 20.6. The molecule has 1 amide bonds. The van der Waals surface area contributed by atoms with Gasteiger partial charge in [-0.25, -0.2) is 4.79 Å². The lowest BCUT2D eigenvalue weighted by molar-refractivity contribution is -0.302. The second-order valence-corrected chi connectivity index (χ2v) is 17.7. The molecule has 1 saturated carbocycles. The Morgan fingerprint density at radius 3 is 2.30 bits per heavy atom. The van der Waals surface area contributed by atoms with Crippen molar-refractivity contribution in [2.45, 2.75) is 174 Å². The van der Waals surface area contributed by atoms with Crippen molar-refractivity contribution in [3.05, 3.63) is 23.3 Å². The van der Waals surface area contributed by atoms with E-state index in [-0.39, 0.29) is 63.7 Å². The molecule has 3 N–H and O–H groups in total. The molecular formula is C47H76N2O12. The van der Waals surface area contributed by atoms with Crippen molar-refractivity contribution in [3.63, 3.8) is 0 Å². The smallest absolute Gasteiger partial charge is 0.329 e. The molecule has 4 aliphatic rings. The van der Waals surface area contributed by atoms with Crippen LogP contribution in [0.3, 0.4) is 0 Å². The Morgan fingerprint density at radius 2 is 1.66 bits per heavy atom. The Labute approximate surface area is 364 Å². The first-order valence-corrected chi connectivity index (χ1v) is 21.9. The van der Waals surface area contributed by atoms with Gasteiger partial charge < -0.3 is 48.7 Å². The largest absolute Gasteiger partial charge is 0.456 e. The minimum absolute atomic E-state index is 0.